The number of alkyl halides is 3. The molecule has 9 nitrogen and oxygen atoms in total. The molecule has 43 heavy (non-hydrogen) atoms. The highest BCUT2D eigenvalue weighted by atomic mass is 32.1. The Labute approximate surface area is 249 Å². The van der Waals surface area contributed by atoms with Crippen LogP contribution in [0.5, 0.6) is 5.75 Å². The van der Waals surface area contributed by atoms with Gasteiger partial charge < -0.3 is 10.1 Å². The Kier molecular flexibility index (Phi) is 8.81. The number of benzene rings is 3. The third-order valence-electron chi connectivity index (χ3n) is 6.56. The summed E-state index contributed by atoms with van der Waals surface area (Å²) in [5.74, 6) is 0.562. The number of nitrogens with zero attached hydrogens (tertiary/aromatic N) is 4. The predicted molar refractivity (Wildman–Crippen MR) is 161 cm³/mol. The third kappa shape index (κ3) is 7.41. The summed E-state index contributed by atoms with van der Waals surface area (Å²) < 4.78 is 42.6. The number of para-hydroxylation sites is 1. The maximum Gasteiger partial charge on any atom is 0.573 e. The van der Waals surface area contributed by atoms with Crippen LogP contribution in [0.15, 0.2) is 79.1 Å². The fourth-order valence-corrected chi connectivity index (χ4v) is 5.55. The third-order valence-corrected chi connectivity index (χ3v) is 7.60. The van der Waals surface area contributed by atoms with Crippen LogP contribution in [-0.4, -0.2) is 50.5 Å². The number of hydrogen-bond acceptors (Lipinski definition) is 5. The van der Waals surface area contributed by atoms with Gasteiger partial charge >= 0.3 is 12.4 Å². The summed E-state index contributed by atoms with van der Waals surface area (Å²) in [4.78, 5) is 31.4. The molecule has 3 aromatic carbocycles. The molecule has 0 radical (unpaired) electrons. The van der Waals surface area contributed by atoms with Crippen LogP contribution in [0.2, 0.25) is 0 Å². The van der Waals surface area contributed by atoms with Crippen LogP contribution >= 0.6 is 11.4 Å². The molecule has 0 saturated carbocycles. The van der Waals surface area contributed by atoms with Crippen molar-refractivity contribution in [3.8, 4) is 22.8 Å². The monoisotopic (exact) mass is 610 g/mol. The van der Waals surface area contributed by atoms with Crippen molar-refractivity contribution in [2.45, 2.75) is 32.5 Å². The molecule has 0 bridgehead atoms. The van der Waals surface area contributed by atoms with Crippen LogP contribution < -0.4 is 20.3 Å². The number of rotatable bonds is 8. The van der Waals surface area contributed by atoms with Gasteiger partial charge in [-0.2, -0.15) is 0 Å². The number of nitrogens with one attached hydrogen (secondary N) is 2. The Hall–Kier alpha value is -4.65. The molecule has 224 valence electrons. The largest absolute Gasteiger partial charge is 0.573 e. The summed E-state index contributed by atoms with van der Waals surface area (Å²) in [5.41, 5.74) is 4.02. The van der Waals surface area contributed by atoms with Gasteiger partial charge in [-0.3, -0.25) is 15.0 Å². The van der Waals surface area contributed by atoms with Crippen molar-refractivity contribution < 1.29 is 27.5 Å². The van der Waals surface area contributed by atoms with Gasteiger partial charge in [0.15, 0.2) is 5.82 Å². The van der Waals surface area contributed by atoms with Gasteiger partial charge in [-0.1, -0.05) is 50.2 Å². The summed E-state index contributed by atoms with van der Waals surface area (Å²) in [6.45, 7) is 4.48. The molecular weight excluding hydrogens is 581 g/mol. The average molecular weight is 611 g/mol. The Bertz CT molecular complexity index is 1650. The number of urea groups is 1. The fourth-order valence-electron chi connectivity index (χ4n) is 4.58. The molecule has 0 spiro atoms. The maximum atomic E-state index is 12.7. The Morgan fingerprint density at radius 1 is 1.07 bits per heavy atom. The van der Waals surface area contributed by atoms with Gasteiger partial charge in [0.1, 0.15) is 17.2 Å². The van der Waals surface area contributed by atoms with Crippen LogP contribution in [0.1, 0.15) is 30.9 Å². The average Bonchev–Trinajstić information content (AvgIpc) is 3.60. The molecule has 0 atom stereocenters. The van der Waals surface area contributed by atoms with E-state index in [4.69, 9.17) is 0 Å². The Morgan fingerprint density at radius 2 is 1.84 bits per heavy atom. The van der Waals surface area contributed by atoms with Crippen LogP contribution in [0.25, 0.3) is 17.1 Å². The van der Waals surface area contributed by atoms with Crippen molar-refractivity contribution in [2.24, 2.45) is 0 Å². The zero-order chi connectivity index (χ0) is 30.6. The molecule has 5 rings (SSSR count). The van der Waals surface area contributed by atoms with E-state index in [1.165, 1.54) is 35.3 Å². The molecule has 1 aliphatic rings. The molecule has 2 heterocycles. The van der Waals surface area contributed by atoms with Crippen LogP contribution in [-0.2, 0) is 11.2 Å². The van der Waals surface area contributed by atoms with E-state index >= 15 is 0 Å². The topological polar surface area (TPSA) is 101 Å². The summed E-state index contributed by atoms with van der Waals surface area (Å²) in [6.07, 6.45) is -2.75. The first-order valence-electron chi connectivity index (χ1n) is 13.5. The molecule has 13 heteroatoms. The summed E-state index contributed by atoms with van der Waals surface area (Å²) in [7, 11) is 0. The first kappa shape index (κ1) is 29.8. The van der Waals surface area contributed by atoms with Crippen LogP contribution in [0.4, 0.5) is 23.7 Å². The Morgan fingerprint density at radius 3 is 2.58 bits per heavy atom. The molecular formula is C30H29F3N6O3S. The molecule has 0 unspecified atom stereocenters. The predicted octanol–water partition coefficient (Wildman–Crippen LogP) is 5.40. The Balaban J connectivity index is 1.17. The molecule has 4 aromatic rings. The quantitative estimate of drug-likeness (QED) is 0.183. The lowest BCUT2D eigenvalue weighted by atomic mass is 10.0. The van der Waals surface area contributed by atoms with Gasteiger partial charge in [0.2, 0.25) is 5.91 Å². The number of hydrogen-bond donors (Lipinski definition) is 3. The van der Waals surface area contributed by atoms with Crippen molar-refractivity contribution in [3.05, 3.63) is 90.3 Å². The number of thiol groups is 1. The summed E-state index contributed by atoms with van der Waals surface area (Å²) >= 11 is 0.730. The molecule has 2 N–H and O–H groups in total. The van der Waals surface area contributed by atoms with E-state index in [2.05, 4.69) is 39.3 Å². The smallest absolute Gasteiger partial charge is 0.406 e. The molecule has 0 saturated heterocycles. The zero-order valence-electron chi connectivity index (χ0n) is 23.3. The van der Waals surface area contributed by atoms with E-state index < -0.39 is 12.4 Å². The molecule has 0 fully saturated rings. The number of ether oxygens (including phenoxy) is 1. The van der Waals surface area contributed by atoms with Crippen LogP contribution in [0.3, 0.4) is 0 Å². The summed E-state index contributed by atoms with van der Waals surface area (Å²) in [6, 6.07) is 20.2. The minimum atomic E-state index is -4.76. The minimum absolute atomic E-state index is 0.0644. The fraction of sp³-hybridized carbons (Fsp3) is 0.233. The van der Waals surface area contributed by atoms with Gasteiger partial charge in [0, 0.05) is 12.1 Å². The molecule has 0 aliphatic carbocycles. The lowest BCUT2D eigenvalue weighted by Gasteiger charge is -2.24. The van der Waals surface area contributed by atoms with Crippen molar-refractivity contribution in [1.29, 1.82) is 0 Å². The molecule has 1 aliphatic heterocycles. The van der Waals surface area contributed by atoms with Gasteiger partial charge in [-0.25, -0.2) is 14.5 Å². The van der Waals surface area contributed by atoms with Gasteiger partial charge in [0.05, 0.1) is 17.1 Å². The number of halogens is 3. The van der Waals surface area contributed by atoms with E-state index in [9.17, 15) is 22.8 Å². The van der Waals surface area contributed by atoms with Gasteiger partial charge in [0.25, 0.3) is 0 Å². The van der Waals surface area contributed by atoms with E-state index in [0.29, 0.717) is 35.3 Å². The zero-order valence-corrected chi connectivity index (χ0v) is 24.2. The normalized spacial score (nSPS) is 13.5. The van der Waals surface area contributed by atoms with E-state index in [1.807, 2.05) is 48.5 Å². The van der Waals surface area contributed by atoms with Crippen molar-refractivity contribution >= 4 is 34.1 Å². The maximum absolute atomic E-state index is 12.7. The first-order chi connectivity index (χ1) is 20.6. The minimum Gasteiger partial charge on any atom is -0.406 e. The second-order valence-electron chi connectivity index (χ2n) is 9.97. The lowest BCUT2D eigenvalue weighted by molar-refractivity contribution is -0.274. The van der Waals surface area contributed by atoms with Gasteiger partial charge in [-0.15, -0.1) is 29.6 Å². The number of carbonyl (C=O) groups excluding carboxylic acids is 2. The van der Waals surface area contributed by atoms with Crippen molar-refractivity contribution in [3.63, 3.8) is 0 Å². The number of anilines is 1. The first-order valence-corrected chi connectivity index (χ1v) is 14.5. The summed E-state index contributed by atoms with van der Waals surface area (Å²) in [5, 5.41) is 10.7. The lowest BCUT2D eigenvalue weighted by Crippen LogP contribution is -2.48. The number of amides is 3. The second kappa shape index (κ2) is 12.7. The van der Waals surface area contributed by atoms with Crippen molar-refractivity contribution in [1.82, 2.24) is 25.4 Å². The molecule has 1 aromatic heterocycles. The van der Waals surface area contributed by atoms with E-state index in [1.54, 1.807) is 4.90 Å². The highest BCUT2D eigenvalue weighted by molar-refractivity contribution is 8.00. The highest BCUT2D eigenvalue weighted by Crippen LogP contribution is 2.30. The SMILES string of the molecule is CC(C)c1ccccc1N1C(=O)C[SH]=C1NC(=O)NCCc1cccc(-c2ncn(-c3ccc(OC(F)(F)F)cc3)n2)c1. The van der Waals surface area contributed by atoms with E-state index in [0.717, 1.165) is 33.7 Å². The van der Waals surface area contributed by atoms with Gasteiger partial charge in [-0.05, 0) is 59.9 Å². The molecule has 3 amide bonds. The standard InChI is InChI=1S/C30H29F3N6O3S/c1-19(2)24-8-3-4-9-25(24)39-26(40)17-43-29(39)36-28(41)34-15-14-20-6-5-7-21(16-20)27-35-18-38(37-27)22-10-12-23(13-11-22)42-30(31,32)33/h3-13,16,18-19,43H,14-15,17H2,1-2H3,(H2,34,36,41). The van der Waals surface area contributed by atoms with E-state index in [-0.39, 0.29) is 17.6 Å². The highest BCUT2D eigenvalue weighted by Gasteiger charge is 2.31. The van der Waals surface area contributed by atoms with Crippen molar-refractivity contribution in [2.75, 3.05) is 17.2 Å². The second-order valence-corrected chi connectivity index (χ2v) is 11.0. The van der Waals surface area contributed by atoms with Crippen LogP contribution in [0, 0.1) is 0 Å². The number of carbonyl (C=O) groups is 2. The number of aromatic nitrogens is 3.